The molecule has 0 radical (unpaired) electrons. The van der Waals surface area contributed by atoms with E-state index < -0.39 is 0 Å². The maximum absolute atomic E-state index is 13.6. The van der Waals surface area contributed by atoms with Crippen LogP contribution in [0.2, 0.25) is 0 Å². The number of fused-ring (bicyclic) bond motifs is 3. The van der Waals surface area contributed by atoms with Crippen molar-refractivity contribution in [1.82, 2.24) is 4.57 Å². The molecule has 0 aliphatic carbocycles. The van der Waals surface area contributed by atoms with Crippen LogP contribution in [0.15, 0.2) is 63.5 Å². The van der Waals surface area contributed by atoms with Gasteiger partial charge in [-0.1, -0.05) is 0 Å². The van der Waals surface area contributed by atoms with E-state index in [9.17, 15) is 9.59 Å². The van der Waals surface area contributed by atoms with Gasteiger partial charge in [-0.05, 0) is 67.8 Å². The average molecular weight is 510 g/mol. The Balaban J connectivity index is 1.64. The Kier molecular flexibility index (Phi) is 4.81. The molecule has 0 amide bonds. The minimum atomic E-state index is -0.248. The lowest BCUT2D eigenvalue weighted by molar-refractivity contribution is 0.999. The zero-order chi connectivity index (χ0) is 22.0. The molecule has 0 atom stereocenters. The number of aromatic nitrogens is 1. The first-order chi connectivity index (χ1) is 15.5. The van der Waals surface area contributed by atoms with Crippen LogP contribution in [0.3, 0.4) is 0 Å². The predicted octanol–water partition coefficient (Wildman–Crippen LogP) is 7.76. The Bertz CT molecular complexity index is 1740. The van der Waals surface area contributed by atoms with Crippen molar-refractivity contribution in [2.24, 2.45) is 0 Å². The molecule has 0 aromatic carbocycles. The normalized spacial score (nSPS) is 11.7. The number of hydrogen-bond acceptors (Lipinski definition) is 7. The van der Waals surface area contributed by atoms with Crippen molar-refractivity contribution in [3.05, 3.63) is 84.4 Å². The second kappa shape index (κ2) is 7.60. The minimum Gasteiger partial charge on any atom is -0.268 e. The number of hydrogen-bond donors (Lipinski definition) is 0. The molecule has 0 aliphatic heterocycles. The number of aryl methyl sites for hydroxylation is 2. The number of rotatable bonds is 3. The van der Waals surface area contributed by atoms with Gasteiger partial charge in [0.2, 0.25) is 0 Å². The van der Waals surface area contributed by atoms with Crippen molar-refractivity contribution in [2.75, 3.05) is 0 Å². The van der Waals surface area contributed by atoms with E-state index in [0.29, 0.717) is 15.8 Å². The van der Waals surface area contributed by atoms with Crippen molar-refractivity contribution in [3.8, 4) is 24.5 Å². The quantitative estimate of drug-likeness (QED) is 0.244. The number of thiophene rings is 5. The highest BCUT2D eigenvalue weighted by atomic mass is 32.1. The Morgan fingerprint density at radius 3 is 2.00 bits per heavy atom. The van der Waals surface area contributed by atoms with Crippen LogP contribution in [0.5, 0.6) is 0 Å². The first-order valence-corrected chi connectivity index (χ1v) is 14.0. The Morgan fingerprint density at radius 1 is 0.656 bits per heavy atom. The summed E-state index contributed by atoms with van der Waals surface area (Å²) in [5.41, 5.74) is -0.491. The standard InChI is InChI=1S/C24H15NO2S5/c1-12-5-6-16(29-12)17-7-8-18(31-17)19-11-15-22(32-19)21-14(10-13(2)30-21)23(26)25(24(15)27)20-4-3-9-28-20/h3-11H,1-2H3. The fourth-order valence-corrected chi connectivity index (χ4v) is 8.86. The van der Waals surface area contributed by atoms with Crippen LogP contribution in [0.25, 0.3) is 44.7 Å². The highest BCUT2D eigenvalue weighted by molar-refractivity contribution is 7.31. The molecule has 6 aromatic rings. The summed E-state index contributed by atoms with van der Waals surface area (Å²) in [4.78, 5) is 34.0. The van der Waals surface area contributed by atoms with E-state index in [-0.39, 0.29) is 11.1 Å². The summed E-state index contributed by atoms with van der Waals surface area (Å²) in [7, 11) is 0. The molecule has 0 fully saturated rings. The topological polar surface area (TPSA) is 39.1 Å². The molecule has 0 spiro atoms. The van der Waals surface area contributed by atoms with Gasteiger partial charge >= 0.3 is 0 Å². The molecule has 0 saturated carbocycles. The lowest BCUT2D eigenvalue weighted by Gasteiger charge is -1.96. The van der Waals surface area contributed by atoms with Crippen LogP contribution in [0, 0.1) is 13.8 Å². The third-order valence-corrected chi connectivity index (χ3v) is 10.9. The summed E-state index contributed by atoms with van der Waals surface area (Å²) < 4.78 is 3.14. The molecule has 6 rings (SSSR count). The molecule has 8 heteroatoms. The van der Waals surface area contributed by atoms with Gasteiger partial charge in [-0.25, -0.2) is 4.57 Å². The van der Waals surface area contributed by atoms with Crippen LogP contribution >= 0.6 is 56.7 Å². The van der Waals surface area contributed by atoms with Gasteiger partial charge < -0.3 is 0 Å². The predicted molar refractivity (Wildman–Crippen MR) is 143 cm³/mol. The van der Waals surface area contributed by atoms with E-state index in [0.717, 1.165) is 24.0 Å². The zero-order valence-corrected chi connectivity index (χ0v) is 21.1. The van der Waals surface area contributed by atoms with E-state index in [1.165, 1.54) is 30.5 Å². The molecule has 0 N–H and O–H groups in total. The van der Waals surface area contributed by atoms with Crippen molar-refractivity contribution < 1.29 is 0 Å². The SMILES string of the molecule is Cc1ccc(-c2ccc(-c3cc4c(=O)n(-c5cccs5)c(=O)c5cc(C)sc5c4s3)s2)s1. The second-order valence-corrected chi connectivity index (χ2v) is 13.0. The van der Waals surface area contributed by atoms with Crippen molar-refractivity contribution >= 4 is 76.9 Å². The Morgan fingerprint density at radius 2 is 1.31 bits per heavy atom. The molecule has 0 unspecified atom stereocenters. The van der Waals surface area contributed by atoms with Crippen LogP contribution in [0.4, 0.5) is 0 Å². The highest BCUT2D eigenvalue weighted by Gasteiger charge is 2.19. The van der Waals surface area contributed by atoms with Gasteiger partial charge in [0, 0.05) is 29.3 Å². The summed E-state index contributed by atoms with van der Waals surface area (Å²) in [5.74, 6) is 0. The summed E-state index contributed by atoms with van der Waals surface area (Å²) in [6, 6.07) is 16.2. The lowest BCUT2D eigenvalue weighted by Crippen LogP contribution is -2.27. The summed E-state index contributed by atoms with van der Waals surface area (Å²) in [6.45, 7) is 4.12. The van der Waals surface area contributed by atoms with Gasteiger partial charge in [0.25, 0.3) is 11.1 Å². The molecule has 158 valence electrons. The molecule has 0 bridgehead atoms. The smallest absolute Gasteiger partial charge is 0.267 e. The monoisotopic (exact) mass is 509 g/mol. The maximum atomic E-state index is 13.6. The highest BCUT2D eigenvalue weighted by Crippen LogP contribution is 2.43. The van der Waals surface area contributed by atoms with Gasteiger partial charge in [-0.15, -0.1) is 56.7 Å². The van der Waals surface area contributed by atoms with E-state index in [1.807, 2.05) is 36.6 Å². The zero-order valence-electron chi connectivity index (χ0n) is 17.0. The third-order valence-electron chi connectivity index (χ3n) is 5.22. The van der Waals surface area contributed by atoms with Gasteiger partial charge in [-0.3, -0.25) is 9.59 Å². The fourth-order valence-electron chi connectivity index (χ4n) is 3.78. The van der Waals surface area contributed by atoms with Crippen molar-refractivity contribution in [1.29, 1.82) is 0 Å². The van der Waals surface area contributed by atoms with Crippen molar-refractivity contribution in [2.45, 2.75) is 13.8 Å². The molecular weight excluding hydrogens is 495 g/mol. The average Bonchev–Trinajstić information content (AvgIpc) is 3.55. The van der Waals surface area contributed by atoms with Crippen LogP contribution < -0.4 is 11.1 Å². The van der Waals surface area contributed by atoms with E-state index in [2.05, 4.69) is 31.2 Å². The second-order valence-electron chi connectivity index (χ2n) is 7.42. The molecule has 6 aromatic heterocycles. The first-order valence-electron chi connectivity index (χ1n) is 9.83. The largest absolute Gasteiger partial charge is 0.268 e. The van der Waals surface area contributed by atoms with E-state index >= 15 is 0 Å². The lowest BCUT2D eigenvalue weighted by atomic mass is 10.3. The summed E-state index contributed by atoms with van der Waals surface area (Å²) >= 11 is 8.12. The van der Waals surface area contributed by atoms with Gasteiger partial charge in [0.1, 0.15) is 5.00 Å². The Hall–Kier alpha value is -2.36. The number of nitrogens with zero attached hydrogens (tertiary/aromatic N) is 1. The Labute approximate surface area is 203 Å². The third kappa shape index (κ3) is 3.17. The van der Waals surface area contributed by atoms with Crippen LogP contribution in [-0.2, 0) is 0 Å². The fraction of sp³-hybridized carbons (Fsp3) is 0.0833. The summed E-state index contributed by atoms with van der Waals surface area (Å²) in [6.07, 6.45) is 0. The molecule has 0 saturated heterocycles. The van der Waals surface area contributed by atoms with Gasteiger partial charge in [0.15, 0.2) is 0 Å². The summed E-state index contributed by atoms with van der Waals surface area (Å²) in [5, 5.41) is 3.76. The molecule has 32 heavy (non-hydrogen) atoms. The minimum absolute atomic E-state index is 0.242. The van der Waals surface area contributed by atoms with Crippen LogP contribution in [-0.4, -0.2) is 4.57 Å². The molecule has 3 nitrogen and oxygen atoms in total. The van der Waals surface area contributed by atoms with Gasteiger partial charge in [0.05, 0.1) is 20.2 Å². The van der Waals surface area contributed by atoms with E-state index in [4.69, 9.17) is 0 Å². The van der Waals surface area contributed by atoms with Crippen LogP contribution in [0.1, 0.15) is 9.75 Å². The molecule has 6 heterocycles. The molecule has 0 aliphatic rings. The molecular formula is C24H15NO2S5. The van der Waals surface area contributed by atoms with E-state index in [1.54, 1.807) is 45.3 Å². The maximum Gasteiger partial charge on any atom is 0.267 e. The first kappa shape index (κ1) is 20.3. The van der Waals surface area contributed by atoms with Crippen molar-refractivity contribution in [3.63, 3.8) is 0 Å². The van der Waals surface area contributed by atoms with Gasteiger partial charge in [-0.2, -0.15) is 0 Å².